The Bertz CT molecular complexity index is 1280. The lowest BCUT2D eigenvalue weighted by molar-refractivity contribution is 0.0468. The van der Waals surface area contributed by atoms with Crippen LogP contribution in [0.5, 0.6) is 11.5 Å². The number of thiazole rings is 1. The molecule has 1 aromatic heterocycles. The van der Waals surface area contributed by atoms with Crippen molar-refractivity contribution >= 4 is 27.3 Å². The summed E-state index contributed by atoms with van der Waals surface area (Å²) in [6.45, 7) is 2.21. The highest BCUT2D eigenvalue weighted by atomic mass is 32.2. The number of terminal acetylenes is 1. The van der Waals surface area contributed by atoms with Gasteiger partial charge in [-0.2, -0.15) is 4.72 Å². The number of rotatable bonds is 10. The van der Waals surface area contributed by atoms with Gasteiger partial charge < -0.3 is 14.2 Å². The maximum Gasteiger partial charge on any atom is 0.338 e. The molecule has 1 heterocycles. The molecule has 0 fully saturated rings. The standard InChI is InChI=1S/C23H22N2O6S2/c1-4-11-24-33(27,28)19-8-6-7-17(12-19)23(26)31-14-18-15-32-22(25-18)16-9-10-20(30-5-2)21(13-16)29-3/h1,6-10,12-13,15,24H,5,11,14H2,2-3H3. The van der Waals surface area contributed by atoms with E-state index in [1.165, 1.54) is 35.6 Å². The van der Waals surface area contributed by atoms with E-state index in [1.54, 1.807) is 12.5 Å². The Morgan fingerprint density at radius 2 is 2.03 bits per heavy atom. The molecule has 0 amide bonds. The summed E-state index contributed by atoms with van der Waals surface area (Å²) in [5, 5.41) is 2.52. The number of esters is 1. The van der Waals surface area contributed by atoms with E-state index in [4.69, 9.17) is 20.6 Å². The number of hydrogen-bond acceptors (Lipinski definition) is 8. The molecule has 10 heteroatoms. The lowest BCUT2D eigenvalue weighted by Gasteiger charge is -2.10. The summed E-state index contributed by atoms with van der Waals surface area (Å²) in [6.07, 6.45) is 5.09. The molecule has 0 atom stereocenters. The van der Waals surface area contributed by atoms with Crippen molar-refractivity contribution in [1.82, 2.24) is 9.71 Å². The minimum absolute atomic E-state index is 0.0597. The molecule has 33 heavy (non-hydrogen) atoms. The van der Waals surface area contributed by atoms with Gasteiger partial charge in [0.05, 0.1) is 36.4 Å². The third kappa shape index (κ3) is 6.10. The molecule has 0 aliphatic rings. The topological polar surface area (TPSA) is 104 Å². The number of sulfonamides is 1. The van der Waals surface area contributed by atoms with Crippen LogP contribution in [0.25, 0.3) is 10.6 Å². The van der Waals surface area contributed by atoms with Crippen molar-refractivity contribution in [2.24, 2.45) is 0 Å². The first-order valence-electron chi connectivity index (χ1n) is 9.84. The number of nitrogens with zero attached hydrogens (tertiary/aromatic N) is 1. The Hall–Kier alpha value is -3.39. The van der Waals surface area contributed by atoms with Crippen molar-refractivity contribution in [2.75, 3.05) is 20.3 Å². The van der Waals surface area contributed by atoms with E-state index >= 15 is 0 Å². The second kappa shape index (κ2) is 11.0. The number of ether oxygens (including phenoxy) is 3. The van der Waals surface area contributed by atoms with Gasteiger partial charge in [-0.25, -0.2) is 18.2 Å². The van der Waals surface area contributed by atoms with E-state index < -0.39 is 16.0 Å². The van der Waals surface area contributed by atoms with Gasteiger partial charge in [0.15, 0.2) is 11.5 Å². The van der Waals surface area contributed by atoms with E-state index in [0.29, 0.717) is 23.8 Å². The highest BCUT2D eigenvalue weighted by molar-refractivity contribution is 7.89. The second-order valence-corrected chi connectivity index (χ2v) is 9.20. The van der Waals surface area contributed by atoms with E-state index in [2.05, 4.69) is 15.6 Å². The van der Waals surface area contributed by atoms with Crippen LogP contribution in [0.1, 0.15) is 23.0 Å². The highest BCUT2D eigenvalue weighted by Gasteiger charge is 2.17. The minimum atomic E-state index is -3.82. The first-order chi connectivity index (χ1) is 15.9. The van der Waals surface area contributed by atoms with Crippen LogP contribution in [-0.4, -0.2) is 39.6 Å². The van der Waals surface area contributed by atoms with E-state index in [0.717, 1.165) is 10.6 Å². The van der Waals surface area contributed by atoms with Crippen LogP contribution in [-0.2, 0) is 21.4 Å². The molecule has 0 saturated heterocycles. The molecule has 1 N–H and O–H groups in total. The van der Waals surface area contributed by atoms with E-state index in [9.17, 15) is 13.2 Å². The summed E-state index contributed by atoms with van der Waals surface area (Å²) in [5.74, 6) is 2.78. The maximum atomic E-state index is 12.4. The number of hydrogen-bond donors (Lipinski definition) is 1. The van der Waals surface area contributed by atoms with Gasteiger partial charge in [-0.05, 0) is 43.3 Å². The van der Waals surface area contributed by atoms with Gasteiger partial charge >= 0.3 is 5.97 Å². The summed E-state index contributed by atoms with van der Waals surface area (Å²) >= 11 is 1.40. The predicted octanol–water partition coefficient (Wildman–Crippen LogP) is 3.49. The molecular weight excluding hydrogens is 464 g/mol. The van der Waals surface area contributed by atoms with Gasteiger partial charge in [-0.1, -0.05) is 12.0 Å². The lowest BCUT2D eigenvalue weighted by Crippen LogP contribution is -2.24. The molecule has 0 saturated carbocycles. The number of aromatic nitrogens is 1. The largest absolute Gasteiger partial charge is 0.493 e. The van der Waals surface area contributed by atoms with Crippen LogP contribution < -0.4 is 14.2 Å². The summed E-state index contributed by atoms with van der Waals surface area (Å²) < 4.78 is 42.9. The van der Waals surface area contributed by atoms with Gasteiger partial charge in [0.25, 0.3) is 0 Å². The van der Waals surface area contributed by atoms with Crippen LogP contribution in [0.2, 0.25) is 0 Å². The monoisotopic (exact) mass is 486 g/mol. The fourth-order valence-corrected chi connectivity index (χ4v) is 4.60. The van der Waals surface area contributed by atoms with Gasteiger partial charge in [0.2, 0.25) is 10.0 Å². The third-order valence-corrected chi connectivity index (χ3v) is 6.70. The van der Waals surface area contributed by atoms with Crippen molar-refractivity contribution in [3.8, 4) is 34.4 Å². The normalized spacial score (nSPS) is 10.9. The van der Waals surface area contributed by atoms with Crippen LogP contribution >= 0.6 is 11.3 Å². The van der Waals surface area contributed by atoms with E-state index in [1.807, 2.05) is 25.1 Å². The molecule has 0 bridgehead atoms. The Balaban J connectivity index is 1.68. The molecule has 0 aliphatic heterocycles. The van der Waals surface area contributed by atoms with Gasteiger partial charge in [0.1, 0.15) is 11.6 Å². The Morgan fingerprint density at radius 3 is 2.76 bits per heavy atom. The molecule has 0 spiro atoms. The fourth-order valence-electron chi connectivity index (χ4n) is 2.81. The molecule has 8 nitrogen and oxygen atoms in total. The Labute approximate surface area is 196 Å². The zero-order valence-electron chi connectivity index (χ0n) is 18.0. The van der Waals surface area contributed by atoms with Crippen molar-refractivity contribution in [2.45, 2.75) is 18.4 Å². The molecule has 0 unspecified atom stereocenters. The number of methoxy groups -OCH3 is 1. The molecule has 3 aromatic rings. The molecule has 0 aliphatic carbocycles. The summed E-state index contributed by atoms with van der Waals surface area (Å²) in [4.78, 5) is 16.9. The first kappa shape index (κ1) is 24.3. The smallest absolute Gasteiger partial charge is 0.338 e. The maximum absolute atomic E-state index is 12.4. The fraction of sp³-hybridized carbons (Fsp3) is 0.217. The zero-order chi connectivity index (χ0) is 23.8. The SMILES string of the molecule is C#CCNS(=O)(=O)c1cccc(C(=O)OCc2csc(-c3ccc(OCC)c(OC)c3)n2)c1. The van der Waals surface area contributed by atoms with Crippen LogP contribution in [0, 0.1) is 12.3 Å². The Kier molecular flexibility index (Phi) is 8.06. The summed E-state index contributed by atoms with van der Waals surface area (Å²) in [5.41, 5.74) is 1.51. The average Bonchev–Trinajstić information content (AvgIpc) is 3.31. The highest BCUT2D eigenvalue weighted by Crippen LogP contribution is 2.34. The van der Waals surface area contributed by atoms with Crippen molar-refractivity contribution in [3.05, 3.63) is 59.1 Å². The molecule has 3 rings (SSSR count). The zero-order valence-corrected chi connectivity index (χ0v) is 19.7. The molecule has 2 aromatic carbocycles. The Morgan fingerprint density at radius 1 is 1.21 bits per heavy atom. The molecule has 0 radical (unpaired) electrons. The number of benzene rings is 2. The van der Waals surface area contributed by atoms with Crippen LogP contribution in [0.3, 0.4) is 0 Å². The van der Waals surface area contributed by atoms with Crippen molar-refractivity contribution < 1.29 is 27.4 Å². The summed E-state index contributed by atoms with van der Waals surface area (Å²) in [7, 11) is -2.25. The number of carbonyl (C=O) groups is 1. The first-order valence-corrected chi connectivity index (χ1v) is 12.2. The number of carbonyl (C=O) groups excluding carboxylic acids is 1. The van der Waals surface area contributed by atoms with Crippen molar-refractivity contribution in [3.63, 3.8) is 0 Å². The van der Waals surface area contributed by atoms with E-state index in [-0.39, 0.29) is 23.6 Å². The molecular formula is C23H22N2O6S2. The average molecular weight is 487 g/mol. The second-order valence-electron chi connectivity index (χ2n) is 6.58. The van der Waals surface area contributed by atoms with Crippen LogP contribution in [0.4, 0.5) is 0 Å². The lowest BCUT2D eigenvalue weighted by atomic mass is 10.2. The third-order valence-electron chi connectivity index (χ3n) is 4.36. The van der Waals surface area contributed by atoms with Gasteiger partial charge in [0, 0.05) is 10.9 Å². The predicted molar refractivity (Wildman–Crippen MR) is 125 cm³/mol. The van der Waals surface area contributed by atoms with Crippen LogP contribution in [0.15, 0.2) is 52.7 Å². The van der Waals surface area contributed by atoms with Gasteiger partial charge in [-0.3, -0.25) is 0 Å². The van der Waals surface area contributed by atoms with Gasteiger partial charge in [-0.15, -0.1) is 17.8 Å². The summed E-state index contributed by atoms with van der Waals surface area (Å²) in [6, 6.07) is 11.1. The number of nitrogens with one attached hydrogen (secondary N) is 1. The quantitative estimate of drug-likeness (QED) is 0.346. The molecule has 172 valence electrons. The minimum Gasteiger partial charge on any atom is -0.493 e. The van der Waals surface area contributed by atoms with Crippen molar-refractivity contribution in [1.29, 1.82) is 0 Å².